The molecular weight excluding hydrogens is 342 g/mol. The molecule has 8 heteroatoms. The standard InChI is InChI=1S/C19H27N7O/c1-24-17(14-25-9-3-2-4-10-25)22-23-18(24)15-6-5-11-26(13-15)19(27)16-12-20-7-8-21-16/h7-8,12,15H,2-6,9-11,13-14H2,1H3/t15-/m1/s1. The van der Waals surface area contributed by atoms with E-state index in [0.717, 1.165) is 50.7 Å². The highest BCUT2D eigenvalue weighted by atomic mass is 16.2. The van der Waals surface area contributed by atoms with E-state index in [4.69, 9.17) is 0 Å². The summed E-state index contributed by atoms with van der Waals surface area (Å²) in [5.74, 6) is 2.17. The summed E-state index contributed by atoms with van der Waals surface area (Å²) >= 11 is 0. The molecule has 0 aliphatic carbocycles. The van der Waals surface area contributed by atoms with Crippen molar-refractivity contribution in [2.24, 2.45) is 7.05 Å². The van der Waals surface area contributed by atoms with Gasteiger partial charge in [0.25, 0.3) is 5.91 Å². The van der Waals surface area contributed by atoms with E-state index in [0.29, 0.717) is 12.2 Å². The zero-order chi connectivity index (χ0) is 18.6. The van der Waals surface area contributed by atoms with Crippen LogP contribution in [0.3, 0.4) is 0 Å². The maximum absolute atomic E-state index is 12.7. The summed E-state index contributed by atoms with van der Waals surface area (Å²) in [6, 6.07) is 0. The van der Waals surface area contributed by atoms with E-state index in [-0.39, 0.29) is 11.8 Å². The van der Waals surface area contributed by atoms with Gasteiger partial charge in [-0.2, -0.15) is 0 Å². The molecule has 2 aliphatic rings. The molecule has 4 heterocycles. The fourth-order valence-electron chi connectivity index (χ4n) is 4.13. The van der Waals surface area contributed by atoms with Gasteiger partial charge >= 0.3 is 0 Å². The molecule has 1 atom stereocenters. The topological polar surface area (TPSA) is 80.0 Å². The maximum Gasteiger partial charge on any atom is 0.274 e. The van der Waals surface area contributed by atoms with E-state index >= 15 is 0 Å². The van der Waals surface area contributed by atoms with Crippen LogP contribution in [0, 0.1) is 0 Å². The van der Waals surface area contributed by atoms with Crippen molar-refractivity contribution in [2.45, 2.75) is 44.6 Å². The lowest BCUT2D eigenvalue weighted by atomic mass is 9.97. The third-order valence-corrected chi connectivity index (χ3v) is 5.67. The van der Waals surface area contributed by atoms with Gasteiger partial charge < -0.3 is 9.47 Å². The first kappa shape index (κ1) is 18.0. The molecule has 2 aromatic rings. The Kier molecular flexibility index (Phi) is 5.42. The van der Waals surface area contributed by atoms with Crippen LogP contribution in [-0.2, 0) is 13.6 Å². The van der Waals surface area contributed by atoms with Crippen LogP contribution >= 0.6 is 0 Å². The molecule has 0 radical (unpaired) electrons. The zero-order valence-corrected chi connectivity index (χ0v) is 15.9. The van der Waals surface area contributed by atoms with Gasteiger partial charge in [0.15, 0.2) is 0 Å². The molecule has 0 saturated carbocycles. The molecule has 2 aliphatic heterocycles. The predicted octanol–water partition coefficient (Wildman–Crippen LogP) is 1.61. The van der Waals surface area contributed by atoms with E-state index in [9.17, 15) is 4.79 Å². The van der Waals surface area contributed by atoms with Gasteiger partial charge in [0, 0.05) is 38.4 Å². The van der Waals surface area contributed by atoms with Crippen molar-refractivity contribution in [3.8, 4) is 0 Å². The van der Waals surface area contributed by atoms with Crippen LogP contribution in [0.25, 0.3) is 0 Å². The summed E-state index contributed by atoms with van der Waals surface area (Å²) in [4.78, 5) is 25.2. The number of carbonyl (C=O) groups is 1. The van der Waals surface area contributed by atoms with Crippen molar-refractivity contribution in [1.29, 1.82) is 0 Å². The second kappa shape index (κ2) is 8.12. The van der Waals surface area contributed by atoms with Crippen LogP contribution in [0.4, 0.5) is 0 Å². The molecule has 144 valence electrons. The average molecular weight is 369 g/mol. The smallest absolute Gasteiger partial charge is 0.274 e. The van der Waals surface area contributed by atoms with Crippen LogP contribution in [0.5, 0.6) is 0 Å². The average Bonchev–Trinajstić information content (AvgIpc) is 3.09. The third-order valence-electron chi connectivity index (χ3n) is 5.67. The summed E-state index contributed by atoms with van der Waals surface area (Å²) in [7, 11) is 2.05. The molecule has 2 fully saturated rings. The number of piperidine rings is 2. The number of hydrogen-bond acceptors (Lipinski definition) is 6. The largest absolute Gasteiger partial charge is 0.337 e. The molecule has 0 N–H and O–H groups in total. The number of hydrogen-bond donors (Lipinski definition) is 0. The molecule has 8 nitrogen and oxygen atoms in total. The summed E-state index contributed by atoms with van der Waals surface area (Å²) in [5, 5.41) is 8.95. The monoisotopic (exact) mass is 369 g/mol. The molecule has 2 saturated heterocycles. The van der Waals surface area contributed by atoms with Crippen molar-refractivity contribution in [3.63, 3.8) is 0 Å². The van der Waals surface area contributed by atoms with E-state index in [2.05, 4.69) is 36.7 Å². The van der Waals surface area contributed by atoms with Crippen LogP contribution in [-0.4, -0.2) is 66.6 Å². The van der Waals surface area contributed by atoms with Crippen molar-refractivity contribution in [1.82, 2.24) is 34.5 Å². The molecule has 1 amide bonds. The summed E-state index contributed by atoms with van der Waals surface area (Å²) in [6.07, 6.45) is 10.5. The van der Waals surface area contributed by atoms with Gasteiger partial charge in [0.1, 0.15) is 17.3 Å². The van der Waals surface area contributed by atoms with Gasteiger partial charge in [-0.15, -0.1) is 10.2 Å². The number of nitrogens with zero attached hydrogens (tertiary/aromatic N) is 7. The molecule has 0 aromatic carbocycles. The molecule has 0 bridgehead atoms. The maximum atomic E-state index is 12.7. The minimum absolute atomic E-state index is 0.0523. The quantitative estimate of drug-likeness (QED) is 0.815. The van der Waals surface area contributed by atoms with E-state index < -0.39 is 0 Å². The Balaban J connectivity index is 1.44. The first-order valence-corrected chi connectivity index (χ1v) is 9.88. The Hall–Kier alpha value is -2.35. The van der Waals surface area contributed by atoms with Gasteiger partial charge in [-0.25, -0.2) is 4.98 Å². The Labute approximate surface area is 159 Å². The summed E-state index contributed by atoms with van der Waals surface area (Å²) < 4.78 is 2.13. The van der Waals surface area contributed by atoms with Crippen LogP contribution in [0.2, 0.25) is 0 Å². The number of likely N-dealkylation sites (tertiary alicyclic amines) is 2. The molecular formula is C19H27N7O. The lowest BCUT2D eigenvalue weighted by molar-refractivity contribution is 0.0697. The minimum atomic E-state index is -0.0523. The minimum Gasteiger partial charge on any atom is -0.337 e. The zero-order valence-electron chi connectivity index (χ0n) is 15.9. The first-order valence-electron chi connectivity index (χ1n) is 9.88. The fourth-order valence-corrected chi connectivity index (χ4v) is 4.13. The Morgan fingerprint density at radius 3 is 2.74 bits per heavy atom. The Morgan fingerprint density at radius 1 is 1.11 bits per heavy atom. The lowest BCUT2D eigenvalue weighted by Gasteiger charge is -2.32. The van der Waals surface area contributed by atoms with Gasteiger partial charge in [-0.3, -0.25) is 14.7 Å². The second-order valence-electron chi connectivity index (χ2n) is 7.55. The Bertz CT molecular complexity index is 770. The molecule has 4 rings (SSSR count). The highest BCUT2D eigenvalue weighted by Gasteiger charge is 2.29. The highest BCUT2D eigenvalue weighted by Crippen LogP contribution is 2.27. The van der Waals surface area contributed by atoms with Gasteiger partial charge in [-0.1, -0.05) is 6.42 Å². The lowest BCUT2D eigenvalue weighted by Crippen LogP contribution is -2.40. The normalized spacial score (nSPS) is 21.4. The van der Waals surface area contributed by atoms with Crippen LogP contribution in [0.15, 0.2) is 18.6 Å². The number of rotatable bonds is 4. The van der Waals surface area contributed by atoms with E-state index in [1.807, 2.05) is 4.90 Å². The van der Waals surface area contributed by atoms with Crippen molar-refractivity contribution < 1.29 is 4.79 Å². The Morgan fingerprint density at radius 2 is 1.96 bits per heavy atom. The van der Waals surface area contributed by atoms with Crippen LogP contribution in [0.1, 0.15) is 60.2 Å². The number of amides is 1. The SMILES string of the molecule is Cn1c(CN2CCCCC2)nnc1[C@@H]1CCCN(C(=O)c2cnccn2)C1. The summed E-state index contributed by atoms with van der Waals surface area (Å²) in [5.41, 5.74) is 0.405. The van der Waals surface area contributed by atoms with Gasteiger partial charge in [0.2, 0.25) is 0 Å². The van der Waals surface area contributed by atoms with E-state index in [1.54, 1.807) is 12.4 Å². The molecule has 0 spiro atoms. The molecule has 2 aromatic heterocycles. The van der Waals surface area contributed by atoms with Gasteiger partial charge in [-0.05, 0) is 38.8 Å². The number of carbonyl (C=O) groups excluding carboxylic acids is 1. The third kappa shape index (κ3) is 4.00. The van der Waals surface area contributed by atoms with Crippen molar-refractivity contribution >= 4 is 5.91 Å². The van der Waals surface area contributed by atoms with Crippen molar-refractivity contribution in [3.05, 3.63) is 35.9 Å². The highest BCUT2D eigenvalue weighted by molar-refractivity contribution is 5.92. The first-order chi connectivity index (χ1) is 13.2. The molecule has 0 unspecified atom stereocenters. The van der Waals surface area contributed by atoms with E-state index in [1.165, 1.54) is 25.5 Å². The number of aromatic nitrogens is 5. The fraction of sp³-hybridized carbons (Fsp3) is 0.632. The van der Waals surface area contributed by atoms with Crippen LogP contribution < -0.4 is 0 Å². The predicted molar refractivity (Wildman–Crippen MR) is 100 cm³/mol. The second-order valence-corrected chi connectivity index (χ2v) is 7.55. The van der Waals surface area contributed by atoms with Gasteiger partial charge in [0.05, 0.1) is 12.7 Å². The van der Waals surface area contributed by atoms with Crippen molar-refractivity contribution in [2.75, 3.05) is 26.2 Å². The summed E-state index contributed by atoms with van der Waals surface area (Å²) in [6.45, 7) is 4.56. The molecule has 27 heavy (non-hydrogen) atoms.